The van der Waals surface area contributed by atoms with Gasteiger partial charge in [0.15, 0.2) is 5.78 Å². The zero-order valence-corrected chi connectivity index (χ0v) is 10.1. The Morgan fingerprint density at radius 1 is 0.842 bits per heavy atom. The topological polar surface area (TPSA) is 112 Å². The lowest BCUT2D eigenvalue weighted by Crippen LogP contribution is -2.17. The molecule has 0 aliphatic heterocycles. The van der Waals surface area contributed by atoms with Crippen LogP contribution in [0.5, 0.6) is 0 Å². The summed E-state index contributed by atoms with van der Waals surface area (Å²) in [5, 5.41) is 0. The molecule has 2 aromatic rings. The molecule has 0 atom stereocenters. The Morgan fingerprint density at radius 3 is 2.16 bits per heavy atom. The molecule has 6 N–H and O–H groups in total. The minimum Gasteiger partial charge on any atom is -0.399 e. The van der Waals surface area contributed by atoms with Gasteiger partial charge in [-0.15, -0.1) is 0 Å². The zero-order chi connectivity index (χ0) is 14.0. The summed E-state index contributed by atoms with van der Waals surface area (Å²) < 4.78 is 0. The molecule has 0 aliphatic rings. The van der Waals surface area contributed by atoms with Crippen molar-refractivity contribution in [2.45, 2.75) is 0 Å². The van der Waals surface area contributed by atoms with Gasteiger partial charge in [-0.2, -0.15) is 0 Å². The molecule has 0 aliphatic carbocycles. The van der Waals surface area contributed by atoms with Crippen molar-refractivity contribution in [3.05, 3.63) is 59.2 Å². The van der Waals surface area contributed by atoms with Crippen molar-refractivity contribution in [3.63, 3.8) is 0 Å². The number of anilines is 2. The molecule has 1 amide bonds. The summed E-state index contributed by atoms with van der Waals surface area (Å²) in [6, 6.07) is 10.9. The summed E-state index contributed by atoms with van der Waals surface area (Å²) >= 11 is 0. The van der Waals surface area contributed by atoms with Crippen molar-refractivity contribution in [2.24, 2.45) is 5.73 Å². The first-order valence-corrected chi connectivity index (χ1v) is 5.58. The molecule has 0 spiro atoms. The second kappa shape index (κ2) is 4.81. The normalized spacial score (nSPS) is 10.1. The van der Waals surface area contributed by atoms with E-state index in [1.165, 1.54) is 24.3 Å². The Kier molecular flexibility index (Phi) is 3.20. The van der Waals surface area contributed by atoms with Crippen molar-refractivity contribution in [1.82, 2.24) is 0 Å². The Labute approximate surface area is 110 Å². The van der Waals surface area contributed by atoms with Crippen LogP contribution in [-0.2, 0) is 0 Å². The predicted octanol–water partition coefficient (Wildman–Crippen LogP) is 1.18. The van der Waals surface area contributed by atoms with E-state index in [-0.39, 0.29) is 16.9 Å². The van der Waals surface area contributed by atoms with E-state index in [9.17, 15) is 9.59 Å². The minimum atomic E-state index is -0.674. The van der Waals surface area contributed by atoms with E-state index in [0.717, 1.165) is 0 Å². The first-order chi connectivity index (χ1) is 8.99. The van der Waals surface area contributed by atoms with E-state index in [1.54, 1.807) is 18.2 Å². The third kappa shape index (κ3) is 2.55. The van der Waals surface area contributed by atoms with Crippen molar-refractivity contribution in [1.29, 1.82) is 0 Å². The van der Waals surface area contributed by atoms with E-state index in [1.807, 2.05) is 0 Å². The fourth-order valence-corrected chi connectivity index (χ4v) is 1.80. The maximum Gasteiger partial charge on any atom is 0.249 e. The number of hydrogen-bond donors (Lipinski definition) is 3. The second-order valence-electron chi connectivity index (χ2n) is 4.12. The van der Waals surface area contributed by atoms with Crippen LogP contribution in [0.2, 0.25) is 0 Å². The fourth-order valence-electron chi connectivity index (χ4n) is 1.80. The van der Waals surface area contributed by atoms with Gasteiger partial charge in [0.2, 0.25) is 5.91 Å². The molecule has 5 heteroatoms. The Morgan fingerprint density at radius 2 is 1.53 bits per heavy atom. The number of carbonyl (C=O) groups is 2. The maximum atomic E-state index is 12.4. The maximum absolute atomic E-state index is 12.4. The van der Waals surface area contributed by atoms with Crippen molar-refractivity contribution in [2.75, 3.05) is 11.5 Å². The number of primary amides is 1. The molecular formula is C14H13N3O2. The predicted molar refractivity (Wildman–Crippen MR) is 73.7 cm³/mol. The van der Waals surface area contributed by atoms with Crippen LogP contribution in [0.1, 0.15) is 26.3 Å². The highest BCUT2D eigenvalue weighted by Crippen LogP contribution is 2.19. The standard InChI is InChI=1S/C14H13N3O2/c15-9-3-1-2-8(6-9)13(18)12-7-10(16)4-5-11(12)14(17)19/h1-7H,15-16H2,(H2,17,19). The third-order valence-electron chi connectivity index (χ3n) is 2.70. The largest absolute Gasteiger partial charge is 0.399 e. The SMILES string of the molecule is NC(=O)c1ccc(N)cc1C(=O)c1cccc(N)c1. The van der Waals surface area contributed by atoms with Gasteiger partial charge in [-0.25, -0.2) is 0 Å². The number of carbonyl (C=O) groups excluding carboxylic acids is 2. The Bertz CT molecular complexity index is 665. The summed E-state index contributed by atoms with van der Waals surface area (Å²) in [6.45, 7) is 0. The third-order valence-corrected chi connectivity index (χ3v) is 2.70. The van der Waals surface area contributed by atoms with Gasteiger partial charge in [-0.05, 0) is 30.3 Å². The number of nitrogens with two attached hydrogens (primary N) is 3. The molecule has 0 radical (unpaired) electrons. The fraction of sp³-hybridized carbons (Fsp3) is 0. The molecular weight excluding hydrogens is 242 g/mol. The van der Waals surface area contributed by atoms with E-state index in [2.05, 4.69) is 0 Å². The number of rotatable bonds is 3. The lowest BCUT2D eigenvalue weighted by Gasteiger charge is -2.07. The summed E-state index contributed by atoms with van der Waals surface area (Å²) in [7, 11) is 0. The van der Waals surface area contributed by atoms with E-state index < -0.39 is 5.91 Å². The summed E-state index contributed by atoms with van der Waals surface area (Å²) in [6.07, 6.45) is 0. The van der Waals surface area contributed by atoms with Crippen molar-refractivity contribution >= 4 is 23.1 Å². The first-order valence-electron chi connectivity index (χ1n) is 5.58. The molecule has 2 rings (SSSR count). The van der Waals surface area contributed by atoms with Crippen LogP contribution in [0.3, 0.4) is 0 Å². The Hall–Kier alpha value is -2.82. The average Bonchev–Trinajstić information content (AvgIpc) is 2.37. The van der Waals surface area contributed by atoms with Gasteiger partial charge in [0.1, 0.15) is 0 Å². The molecule has 0 saturated carbocycles. The number of amides is 1. The summed E-state index contributed by atoms with van der Waals surface area (Å²) in [5.41, 5.74) is 18.1. The van der Waals surface area contributed by atoms with Crippen LogP contribution in [0.25, 0.3) is 0 Å². The van der Waals surface area contributed by atoms with E-state index >= 15 is 0 Å². The molecule has 96 valence electrons. The van der Waals surface area contributed by atoms with Crippen LogP contribution < -0.4 is 17.2 Å². The van der Waals surface area contributed by atoms with E-state index in [0.29, 0.717) is 16.9 Å². The lowest BCUT2D eigenvalue weighted by molar-refractivity contribution is 0.0981. The molecule has 0 heterocycles. The molecule has 0 saturated heterocycles. The summed E-state index contributed by atoms with van der Waals surface area (Å²) in [4.78, 5) is 23.7. The number of hydrogen-bond acceptors (Lipinski definition) is 4. The highest BCUT2D eigenvalue weighted by atomic mass is 16.1. The van der Waals surface area contributed by atoms with Gasteiger partial charge in [0, 0.05) is 22.5 Å². The number of nitrogen functional groups attached to an aromatic ring is 2. The smallest absolute Gasteiger partial charge is 0.249 e. The molecule has 0 aromatic heterocycles. The minimum absolute atomic E-state index is 0.140. The molecule has 19 heavy (non-hydrogen) atoms. The van der Waals surface area contributed by atoms with Gasteiger partial charge in [-0.1, -0.05) is 12.1 Å². The van der Waals surface area contributed by atoms with Gasteiger partial charge >= 0.3 is 0 Å². The summed E-state index contributed by atoms with van der Waals surface area (Å²) in [5.74, 6) is -1.01. The highest BCUT2D eigenvalue weighted by Gasteiger charge is 2.17. The van der Waals surface area contributed by atoms with E-state index in [4.69, 9.17) is 17.2 Å². The van der Waals surface area contributed by atoms with Crippen LogP contribution in [0.15, 0.2) is 42.5 Å². The molecule has 2 aromatic carbocycles. The molecule has 0 bridgehead atoms. The molecule has 5 nitrogen and oxygen atoms in total. The zero-order valence-electron chi connectivity index (χ0n) is 10.1. The van der Waals surface area contributed by atoms with Crippen molar-refractivity contribution in [3.8, 4) is 0 Å². The second-order valence-corrected chi connectivity index (χ2v) is 4.12. The lowest BCUT2D eigenvalue weighted by atomic mass is 9.97. The number of benzene rings is 2. The molecule has 0 fully saturated rings. The van der Waals surface area contributed by atoms with Crippen LogP contribution in [0.4, 0.5) is 11.4 Å². The van der Waals surface area contributed by atoms with Crippen molar-refractivity contribution < 1.29 is 9.59 Å². The van der Waals surface area contributed by atoms with Gasteiger partial charge in [0.05, 0.1) is 5.56 Å². The first kappa shape index (κ1) is 12.6. The Balaban J connectivity index is 2.55. The van der Waals surface area contributed by atoms with Gasteiger partial charge in [-0.3, -0.25) is 9.59 Å². The highest BCUT2D eigenvalue weighted by molar-refractivity contribution is 6.15. The average molecular weight is 255 g/mol. The quantitative estimate of drug-likeness (QED) is 0.564. The van der Waals surface area contributed by atoms with Crippen LogP contribution in [0, 0.1) is 0 Å². The molecule has 0 unspecified atom stereocenters. The van der Waals surface area contributed by atoms with Gasteiger partial charge in [0.25, 0.3) is 0 Å². The number of ketones is 1. The van der Waals surface area contributed by atoms with Crippen LogP contribution in [-0.4, -0.2) is 11.7 Å². The van der Waals surface area contributed by atoms with Crippen LogP contribution >= 0.6 is 0 Å². The monoisotopic (exact) mass is 255 g/mol. The van der Waals surface area contributed by atoms with Gasteiger partial charge < -0.3 is 17.2 Å².